The molecule has 0 aromatic heterocycles. The largest absolute Gasteiger partial charge is 0.368 e. The number of Topliss-reactive ketones (excluding diaryl/α,β-unsaturated/α-hetero) is 1. The Morgan fingerprint density at radius 3 is 2.11 bits per heavy atom. The monoisotopic (exact) mass is 398 g/mol. The van der Waals surface area contributed by atoms with E-state index in [0.29, 0.717) is 11.1 Å². The van der Waals surface area contributed by atoms with Crippen LogP contribution in [0.3, 0.4) is 0 Å². The van der Waals surface area contributed by atoms with Gasteiger partial charge in [-0.05, 0) is 44.9 Å². The zero-order valence-electron chi connectivity index (χ0n) is 15.9. The molecule has 1 aromatic carbocycles. The average molecular weight is 398 g/mol. The van der Waals surface area contributed by atoms with E-state index in [1.54, 1.807) is 38.1 Å². The lowest BCUT2D eigenvalue weighted by Gasteiger charge is -2.17. The normalized spacial score (nSPS) is 12.4. The van der Waals surface area contributed by atoms with Crippen molar-refractivity contribution in [3.63, 3.8) is 0 Å². The molecule has 1 aromatic rings. The van der Waals surface area contributed by atoms with Crippen LogP contribution in [0, 0.1) is 0 Å². The van der Waals surface area contributed by atoms with Crippen LogP contribution < -0.4 is 11.1 Å². The van der Waals surface area contributed by atoms with Gasteiger partial charge in [-0.1, -0.05) is 12.1 Å². The van der Waals surface area contributed by atoms with E-state index in [1.807, 2.05) is 0 Å². The maximum absolute atomic E-state index is 12.5. The first-order chi connectivity index (χ1) is 12.7. The number of amides is 2. The Hall–Kier alpha value is -2.02. The third kappa shape index (κ3) is 8.03. The molecule has 8 nitrogen and oxygen atoms in total. The number of carbonyl (C=O) groups is 3. The first-order valence-corrected chi connectivity index (χ1v) is 10.5. The van der Waals surface area contributed by atoms with Gasteiger partial charge in [0.15, 0.2) is 0 Å². The van der Waals surface area contributed by atoms with E-state index < -0.39 is 25.5 Å². The third-order valence-corrected chi connectivity index (χ3v) is 5.73. The van der Waals surface area contributed by atoms with Crippen LogP contribution in [0.15, 0.2) is 24.3 Å². The average Bonchev–Trinajstić information content (AvgIpc) is 2.58. The van der Waals surface area contributed by atoms with Crippen molar-refractivity contribution < 1.29 is 28.0 Å². The topological polar surface area (TPSA) is 125 Å². The lowest BCUT2D eigenvalue weighted by Crippen LogP contribution is -2.44. The molecule has 2 amide bonds. The molecule has 0 unspecified atom stereocenters. The minimum Gasteiger partial charge on any atom is -0.368 e. The van der Waals surface area contributed by atoms with E-state index in [2.05, 4.69) is 5.32 Å². The van der Waals surface area contributed by atoms with Crippen LogP contribution in [0.25, 0.3) is 0 Å². The second-order valence-corrected chi connectivity index (χ2v) is 8.03. The van der Waals surface area contributed by atoms with Gasteiger partial charge in [0.25, 0.3) is 5.91 Å². The first-order valence-electron chi connectivity index (χ1n) is 8.77. The fourth-order valence-corrected chi connectivity index (χ4v) is 4.08. The SMILES string of the molecule is CCOP(=O)(Cc1ccc(C(=O)N[C@@H](CCC(C)=O)C(N)=O)cc1)OCC. The highest BCUT2D eigenvalue weighted by Crippen LogP contribution is 2.51. The number of nitrogens with one attached hydrogen (secondary N) is 1. The van der Waals surface area contributed by atoms with Crippen molar-refractivity contribution in [3.8, 4) is 0 Å². The van der Waals surface area contributed by atoms with Crippen LogP contribution >= 0.6 is 7.60 Å². The molecule has 1 atom stereocenters. The molecule has 0 spiro atoms. The van der Waals surface area contributed by atoms with Crippen molar-refractivity contribution in [1.29, 1.82) is 0 Å². The summed E-state index contributed by atoms with van der Waals surface area (Å²) in [6, 6.07) is 5.48. The number of ketones is 1. The Balaban J connectivity index is 2.79. The molecule has 0 bridgehead atoms. The van der Waals surface area contributed by atoms with E-state index >= 15 is 0 Å². The lowest BCUT2D eigenvalue weighted by molar-refractivity contribution is -0.120. The predicted molar refractivity (Wildman–Crippen MR) is 101 cm³/mol. The van der Waals surface area contributed by atoms with Crippen molar-refractivity contribution in [3.05, 3.63) is 35.4 Å². The number of primary amides is 1. The summed E-state index contributed by atoms with van der Waals surface area (Å²) >= 11 is 0. The van der Waals surface area contributed by atoms with E-state index in [1.165, 1.54) is 6.92 Å². The summed E-state index contributed by atoms with van der Waals surface area (Å²) in [4.78, 5) is 34.8. The Kier molecular flexibility index (Phi) is 9.35. The lowest BCUT2D eigenvalue weighted by atomic mass is 10.1. The molecule has 0 fully saturated rings. The van der Waals surface area contributed by atoms with Crippen molar-refractivity contribution in [2.24, 2.45) is 5.73 Å². The van der Waals surface area contributed by atoms with Crippen molar-refractivity contribution in [2.75, 3.05) is 13.2 Å². The molecular formula is C18H27N2O6P. The standard InChI is InChI=1S/C18H27N2O6P/c1-4-25-27(24,26-5-2)12-14-7-9-15(10-8-14)18(23)20-16(17(19)22)11-6-13(3)21/h7-10,16H,4-6,11-12H2,1-3H3,(H2,19,22)(H,20,23)/t16-/m0/s1. The van der Waals surface area contributed by atoms with E-state index in [9.17, 15) is 18.9 Å². The van der Waals surface area contributed by atoms with Crippen LogP contribution in [0.2, 0.25) is 0 Å². The number of rotatable bonds is 12. The maximum atomic E-state index is 12.5. The van der Waals surface area contributed by atoms with Gasteiger partial charge in [-0.25, -0.2) is 0 Å². The quantitative estimate of drug-likeness (QED) is 0.521. The minimum absolute atomic E-state index is 0.0899. The second-order valence-electron chi connectivity index (χ2n) is 5.97. The van der Waals surface area contributed by atoms with Crippen LogP contribution in [0.5, 0.6) is 0 Å². The van der Waals surface area contributed by atoms with Crippen molar-refractivity contribution in [2.45, 2.75) is 45.8 Å². The van der Waals surface area contributed by atoms with Crippen LogP contribution in [-0.2, 0) is 29.4 Å². The molecule has 0 aliphatic rings. The van der Waals surface area contributed by atoms with Gasteiger partial charge in [0.2, 0.25) is 5.91 Å². The number of nitrogens with two attached hydrogens (primary N) is 1. The Bertz CT molecular complexity index is 694. The molecule has 27 heavy (non-hydrogen) atoms. The molecule has 1 rings (SSSR count). The van der Waals surface area contributed by atoms with Gasteiger partial charge in [0.1, 0.15) is 11.8 Å². The van der Waals surface area contributed by atoms with Gasteiger partial charge in [-0.15, -0.1) is 0 Å². The molecule has 0 saturated heterocycles. The zero-order valence-corrected chi connectivity index (χ0v) is 16.8. The zero-order chi connectivity index (χ0) is 20.4. The first kappa shape index (κ1) is 23.0. The van der Waals surface area contributed by atoms with Crippen LogP contribution in [-0.4, -0.2) is 36.9 Å². The summed E-state index contributed by atoms with van der Waals surface area (Å²) in [6.45, 7) is 5.42. The molecule has 150 valence electrons. The van der Waals surface area contributed by atoms with Gasteiger partial charge in [0.05, 0.1) is 19.4 Å². The highest BCUT2D eigenvalue weighted by Gasteiger charge is 2.24. The summed E-state index contributed by atoms with van der Waals surface area (Å²) < 4.78 is 23.0. The molecule has 3 N–H and O–H groups in total. The highest BCUT2D eigenvalue weighted by atomic mass is 31.2. The Morgan fingerprint density at radius 1 is 1.11 bits per heavy atom. The predicted octanol–water partition coefficient (Wildman–Crippen LogP) is 2.41. The molecule has 0 aliphatic heterocycles. The smallest absolute Gasteiger partial charge is 0.335 e. The number of hydrogen-bond donors (Lipinski definition) is 2. The minimum atomic E-state index is -3.23. The van der Waals surface area contributed by atoms with E-state index in [-0.39, 0.29) is 38.0 Å². The van der Waals surface area contributed by atoms with Crippen molar-refractivity contribution in [1.82, 2.24) is 5.32 Å². The molecule has 0 saturated carbocycles. The molecule has 9 heteroatoms. The van der Waals surface area contributed by atoms with Gasteiger partial charge in [-0.3, -0.25) is 14.2 Å². The third-order valence-electron chi connectivity index (χ3n) is 3.68. The van der Waals surface area contributed by atoms with Gasteiger partial charge >= 0.3 is 7.60 Å². The molecule has 0 radical (unpaired) electrons. The summed E-state index contributed by atoms with van der Waals surface area (Å²) in [5.74, 6) is -1.27. The number of benzene rings is 1. The fraction of sp³-hybridized carbons (Fsp3) is 0.500. The Labute approximate surface area is 159 Å². The summed E-state index contributed by atoms with van der Waals surface area (Å²) in [5, 5.41) is 2.53. The highest BCUT2D eigenvalue weighted by molar-refractivity contribution is 7.53. The van der Waals surface area contributed by atoms with E-state index in [0.717, 1.165) is 0 Å². The number of carbonyl (C=O) groups excluding carboxylic acids is 3. The fourth-order valence-electron chi connectivity index (χ4n) is 2.38. The summed E-state index contributed by atoms with van der Waals surface area (Å²) in [6.07, 6.45) is 0.399. The van der Waals surface area contributed by atoms with Gasteiger partial charge in [0, 0.05) is 12.0 Å². The van der Waals surface area contributed by atoms with E-state index in [4.69, 9.17) is 14.8 Å². The maximum Gasteiger partial charge on any atom is 0.335 e. The summed E-state index contributed by atoms with van der Waals surface area (Å²) in [7, 11) is -3.23. The van der Waals surface area contributed by atoms with Crippen LogP contribution in [0.1, 0.15) is 49.5 Å². The number of hydrogen-bond acceptors (Lipinski definition) is 6. The molecular weight excluding hydrogens is 371 g/mol. The second kappa shape index (κ2) is 11.0. The van der Waals surface area contributed by atoms with Crippen molar-refractivity contribution >= 4 is 25.2 Å². The van der Waals surface area contributed by atoms with Gasteiger partial charge in [-0.2, -0.15) is 0 Å². The van der Waals surface area contributed by atoms with Gasteiger partial charge < -0.3 is 24.9 Å². The summed E-state index contributed by atoms with van der Waals surface area (Å²) in [5.41, 5.74) is 6.29. The molecule has 0 heterocycles. The molecule has 0 aliphatic carbocycles. The Morgan fingerprint density at radius 2 is 1.67 bits per heavy atom. The van der Waals surface area contributed by atoms with Crippen LogP contribution in [0.4, 0.5) is 0 Å².